The van der Waals surface area contributed by atoms with Crippen LogP contribution in [0.1, 0.15) is 56.5 Å². The normalized spacial score (nSPS) is 27.1. The van der Waals surface area contributed by atoms with Crippen LogP contribution < -0.4 is 5.32 Å². The molecule has 1 aromatic carbocycles. The Kier molecular flexibility index (Phi) is 6.67. The number of aryl methyl sites for hydroxylation is 1. The van der Waals surface area contributed by atoms with E-state index in [1.165, 1.54) is 6.07 Å². The first-order chi connectivity index (χ1) is 19.7. The van der Waals surface area contributed by atoms with Gasteiger partial charge >= 0.3 is 6.18 Å². The number of fused-ring (bicyclic) bond motifs is 3. The van der Waals surface area contributed by atoms with Crippen molar-refractivity contribution in [2.24, 2.45) is 5.92 Å². The number of aromatic amines is 1. The number of alkyl halides is 3. The van der Waals surface area contributed by atoms with E-state index in [0.717, 1.165) is 74.2 Å². The van der Waals surface area contributed by atoms with Gasteiger partial charge in [-0.15, -0.1) is 0 Å². The third-order valence-electron chi connectivity index (χ3n) is 8.83. The van der Waals surface area contributed by atoms with Gasteiger partial charge in [-0.05, 0) is 63.3 Å². The van der Waals surface area contributed by atoms with Crippen LogP contribution in [0.4, 0.5) is 19.0 Å². The summed E-state index contributed by atoms with van der Waals surface area (Å²) in [7, 11) is 0. The highest BCUT2D eigenvalue weighted by Crippen LogP contribution is 2.43. The fourth-order valence-corrected chi connectivity index (χ4v) is 6.51. The standard InChI is InChI=1S/C29H34F3N7O2/c1-16-38(10-3-2-4-24-36-21-8-5-18(29(30,31)32)13-22(21)37-24)14-17-12-23(25(40)26(17)41-16)39-11-9-20-27(35-19-6-7-19)33-15-34-28(20)39/h5,8-9,11,13,15-17,19,23,25-26,40H,2-4,6-7,10,12,14H2,1H3,(H,36,37)(H,33,34,35)/t16?,17-,23-,25+,26-/m1/s1. The summed E-state index contributed by atoms with van der Waals surface area (Å²) in [5, 5.41) is 15.8. The van der Waals surface area contributed by atoms with Crippen molar-refractivity contribution >= 4 is 27.9 Å². The molecule has 2 aliphatic carbocycles. The summed E-state index contributed by atoms with van der Waals surface area (Å²) < 4.78 is 47.5. The molecule has 3 aliphatic rings. The van der Waals surface area contributed by atoms with Gasteiger partial charge in [-0.3, -0.25) is 4.90 Å². The van der Waals surface area contributed by atoms with Crippen LogP contribution >= 0.6 is 0 Å². The van der Waals surface area contributed by atoms with E-state index in [1.807, 2.05) is 19.2 Å². The van der Waals surface area contributed by atoms with Gasteiger partial charge in [-0.1, -0.05) is 0 Å². The highest BCUT2D eigenvalue weighted by atomic mass is 19.4. The molecule has 1 saturated heterocycles. The van der Waals surface area contributed by atoms with E-state index >= 15 is 0 Å². The molecular weight excluding hydrogens is 535 g/mol. The van der Waals surface area contributed by atoms with E-state index in [9.17, 15) is 18.3 Å². The van der Waals surface area contributed by atoms with Crippen molar-refractivity contribution in [3.63, 3.8) is 0 Å². The Hall–Kier alpha value is -3.22. The third-order valence-corrected chi connectivity index (χ3v) is 8.83. The minimum atomic E-state index is -4.37. The summed E-state index contributed by atoms with van der Waals surface area (Å²) >= 11 is 0. The van der Waals surface area contributed by atoms with Crippen molar-refractivity contribution in [1.29, 1.82) is 0 Å². The molecule has 1 aliphatic heterocycles. The molecule has 4 heterocycles. The first-order valence-corrected chi connectivity index (χ1v) is 14.5. The Morgan fingerprint density at radius 1 is 1.17 bits per heavy atom. The van der Waals surface area contributed by atoms with Gasteiger partial charge in [0.1, 0.15) is 35.9 Å². The molecule has 0 radical (unpaired) electrons. The van der Waals surface area contributed by atoms with Crippen LogP contribution in [-0.2, 0) is 17.3 Å². The molecule has 2 saturated carbocycles. The second-order valence-electron chi connectivity index (χ2n) is 11.7. The number of aromatic nitrogens is 5. The number of aliphatic hydroxyl groups excluding tert-OH is 1. The molecular formula is C29H34F3N7O2. The van der Waals surface area contributed by atoms with Crippen LogP contribution in [0, 0.1) is 5.92 Å². The molecule has 0 bridgehead atoms. The van der Waals surface area contributed by atoms with Gasteiger partial charge in [-0.25, -0.2) is 15.0 Å². The monoisotopic (exact) mass is 569 g/mol. The van der Waals surface area contributed by atoms with Gasteiger partial charge < -0.3 is 24.7 Å². The van der Waals surface area contributed by atoms with Crippen molar-refractivity contribution in [1.82, 2.24) is 29.4 Å². The van der Waals surface area contributed by atoms with E-state index in [4.69, 9.17) is 4.74 Å². The number of hydrogen-bond acceptors (Lipinski definition) is 7. The lowest BCUT2D eigenvalue weighted by molar-refractivity contribution is -0.173. The summed E-state index contributed by atoms with van der Waals surface area (Å²) in [6.07, 6.45) is 3.78. The Morgan fingerprint density at radius 2 is 2.02 bits per heavy atom. The number of unbranched alkanes of at least 4 members (excludes halogenated alkanes) is 1. The molecule has 1 unspecified atom stereocenters. The summed E-state index contributed by atoms with van der Waals surface area (Å²) in [6.45, 7) is 3.70. The lowest BCUT2D eigenvalue weighted by Gasteiger charge is -2.41. The second kappa shape index (κ2) is 10.2. The molecule has 3 N–H and O–H groups in total. The number of benzene rings is 1. The largest absolute Gasteiger partial charge is 0.416 e. The Bertz CT molecular complexity index is 1550. The SMILES string of the molecule is CC1O[C@@H]2[C@H](C[C@@H](n3ccc4c(NC5CC5)ncnc43)[C@@H]2O)CN1CCCCc1nc2ccc(C(F)(F)F)cc2[nH]1. The number of rotatable bonds is 8. The van der Waals surface area contributed by atoms with Crippen molar-refractivity contribution in [2.75, 3.05) is 18.4 Å². The number of nitrogens with zero attached hydrogens (tertiary/aromatic N) is 5. The van der Waals surface area contributed by atoms with E-state index in [0.29, 0.717) is 29.3 Å². The summed E-state index contributed by atoms with van der Waals surface area (Å²) in [6, 6.07) is 6.00. The molecule has 5 atom stereocenters. The summed E-state index contributed by atoms with van der Waals surface area (Å²) in [4.78, 5) is 18.8. The smallest absolute Gasteiger partial charge is 0.388 e. The maximum Gasteiger partial charge on any atom is 0.416 e. The van der Waals surface area contributed by atoms with E-state index < -0.39 is 17.8 Å². The highest BCUT2D eigenvalue weighted by Gasteiger charge is 2.48. The van der Waals surface area contributed by atoms with Crippen LogP contribution in [0.5, 0.6) is 0 Å². The lowest BCUT2D eigenvalue weighted by Crippen LogP contribution is -2.51. The van der Waals surface area contributed by atoms with E-state index in [1.54, 1.807) is 6.33 Å². The number of hydrogen-bond donors (Lipinski definition) is 3. The van der Waals surface area contributed by atoms with Crippen LogP contribution in [0.3, 0.4) is 0 Å². The zero-order valence-corrected chi connectivity index (χ0v) is 22.8. The maximum atomic E-state index is 13.0. The molecule has 0 amide bonds. The fraction of sp³-hybridized carbons (Fsp3) is 0.552. The maximum absolute atomic E-state index is 13.0. The minimum Gasteiger partial charge on any atom is -0.388 e. The number of anilines is 1. The van der Waals surface area contributed by atoms with Gasteiger partial charge in [0, 0.05) is 37.7 Å². The number of aliphatic hydroxyl groups is 1. The predicted molar refractivity (Wildman–Crippen MR) is 147 cm³/mol. The second-order valence-corrected chi connectivity index (χ2v) is 11.7. The highest BCUT2D eigenvalue weighted by molar-refractivity contribution is 5.87. The van der Waals surface area contributed by atoms with Crippen molar-refractivity contribution in [3.05, 3.63) is 48.2 Å². The lowest BCUT2D eigenvalue weighted by atomic mass is 10.0. The Labute approximate surface area is 235 Å². The Morgan fingerprint density at radius 3 is 2.83 bits per heavy atom. The minimum absolute atomic E-state index is 0.116. The molecule has 3 aromatic heterocycles. The molecule has 9 nitrogen and oxygen atoms in total. The first-order valence-electron chi connectivity index (χ1n) is 14.5. The van der Waals surface area contributed by atoms with Crippen molar-refractivity contribution in [3.8, 4) is 0 Å². The van der Waals surface area contributed by atoms with Crippen molar-refractivity contribution in [2.45, 2.75) is 82.1 Å². The zero-order chi connectivity index (χ0) is 28.3. The van der Waals surface area contributed by atoms with E-state index in [2.05, 4.69) is 34.7 Å². The topological polar surface area (TPSA) is 104 Å². The average Bonchev–Trinajstić information content (AvgIpc) is 3.36. The van der Waals surface area contributed by atoms with Crippen LogP contribution in [0.25, 0.3) is 22.1 Å². The molecule has 3 fully saturated rings. The average molecular weight is 570 g/mol. The van der Waals surface area contributed by atoms with Gasteiger partial charge in [0.2, 0.25) is 0 Å². The number of H-pyrrole nitrogens is 1. The Balaban J connectivity index is 0.961. The van der Waals surface area contributed by atoms with Crippen molar-refractivity contribution < 1.29 is 23.0 Å². The molecule has 4 aromatic rings. The molecule has 0 spiro atoms. The number of halogens is 3. The van der Waals surface area contributed by atoms with Crippen LogP contribution in [0.2, 0.25) is 0 Å². The number of nitrogens with one attached hydrogen (secondary N) is 2. The van der Waals surface area contributed by atoms with Crippen LogP contribution in [0.15, 0.2) is 36.8 Å². The summed E-state index contributed by atoms with van der Waals surface area (Å²) in [5.74, 6) is 1.75. The zero-order valence-electron chi connectivity index (χ0n) is 22.8. The third kappa shape index (κ3) is 5.17. The van der Waals surface area contributed by atoms with Gasteiger partial charge in [-0.2, -0.15) is 13.2 Å². The number of imidazole rings is 1. The molecule has 41 heavy (non-hydrogen) atoms. The predicted octanol–water partition coefficient (Wildman–Crippen LogP) is 4.89. The van der Waals surface area contributed by atoms with Gasteiger partial charge in [0.05, 0.1) is 34.1 Å². The fourth-order valence-electron chi connectivity index (χ4n) is 6.51. The molecule has 12 heteroatoms. The number of ether oxygens (including phenoxy) is 1. The van der Waals surface area contributed by atoms with E-state index in [-0.39, 0.29) is 24.3 Å². The van der Waals surface area contributed by atoms with Crippen LogP contribution in [-0.4, -0.2) is 72.1 Å². The van der Waals surface area contributed by atoms with Gasteiger partial charge in [0.15, 0.2) is 0 Å². The quantitative estimate of drug-likeness (QED) is 0.260. The molecule has 218 valence electrons. The first kappa shape index (κ1) is 26.7. The van der Waals surface area contributed by atoms with Gasteiger partial charge in [0.25, 0.3) is 0 Å². The summed E-state index contributed by atoms with van der Waals surface area (Å²) in [5.41, 5.74) is 1.11. The molecule has 7 rings (SSSR count).